The molecule has 0 radical (unpaired) electrons. The van der Waals surface area contributed by atoms with Crippen LogP contribution >= 0.6 is 11.3 Å². The van der Waals surface area contributed by atoms with Crippen molar-refractivity contribution in [3.8, 4) is 0 Å². The van der Waals surface area contributed by atoms with Gasteiger partial charge >= 0.3 is 0 Å². The molecule has 0 fully saturated rings. The second-order valence-corrected chi connectivity index (χ2v) is 6.03. The van der Waals surface area contributed by atoms with Crippen molar-refractivity contribution in [2.45, 2.75) is 26.3 Å². The number of amides is 2. The van der Waals surface area contributed by atoms with E-state index in [1.54, 1.807) is 11.3 Å². The molecule has 0 spiro atoms. The van der Waals surface area contributed by atoms with Crippen LogP contribution in [-0.4, -0.2) is 42.9 Å². The number of hydrogen-bond donors (Lipinski definition) is 2. The van der Waals surface area contributed by atoms with Gasteiger partial charge in [0.2, 0.25) is 11.8 Å². The molecule has 0 saturated heterocycles. The van der Waals surface area contributed by atoms with Gasteiger partial charge in [0.05, 0.1) is 6.54 Å². The van der Waals surface area contributed by atoms with Gasteiger partial charge in [0, 0.05) is 37.5 Å². The molecule has 0 aliphatic carbocycles. The Balaban J connectivity index is 1.76. The molecule has 2 amide bonds. The maximum absolute atomic E-state index is 11.9. The number of nitrogens with one attached hydrogen (secondary N) is 2. The molecule has 1 atom stereocenters. The average Bonchev–Trinajstić information content (AvgIpc) is 2.87. The largest absolute Gasteiger partial charge is 0.355 e. The van der Waals surface area contributed by atoms with E-state index in [2.05, 4.69) is 33.9 Å². The van der Waals surface area contributed by atoms with Gasteiger partial charge in [-0.05, 0) is 30.4 Å². The minimum absolute atomic E-state index is 0.0147. The number of hydrogen-bond acceptors (Lipinski definition) is 4. The highest BCUT2D eigenvalue weighted by molar-refractivity contribution is 7.10. The highest BCUT2D eigenvalue weighted by atomic mass is 32.1. The van der Waals surface area contributed by atoms with Crippen LogP contribution in [0.2, 0.25) is 0 Å². The Bertz CT molecular complexity index is 487. The number of fused-ring (bicyclic) bond motifs is 1. The van der Waals surface area contributed by atoms with Gasteiger partial charge in [0.1, 0.15) is 0 Å². The summed E-state index contributed by atoms with van der Waals surface area (Å²) in [5.41, 5.74) is 1.35. The summed E-state index contributed by atoms with van der Waals surface area (Å²) in [6, 6.07) is 2.46. The Morgan fingerprint density at radius 1 is 1.40 bits per heavy atom. The van der Waals surface area contributed by atoms with E-state index in [0.29, 0.717) is 25.7 Å². The molecule has 20 heavy (non-hydrogen) atoms. The molecule has 2 heterocycles. The van der Waals surface area contributed by atoms with Gasteiger partial charge < -0.3 is 10.6 Å². The van der Waals surface area contributed by atoms with Crippen LogP contribution in [0.3, 0.4) is 0 Å². The van der Waals surface area contributed by atoms with Crippen molar-refractivity contribution in [1.29, 1.82) is 0 Å². The summed E-state index contributed by atoms with van der Waals surface area (Å²) in [6.45, 7) is 5.91. The molecule has 0 saturated carbocycles. The first-order valence-electron chi connectivity index (χ1n) is 6.89. The molecule has 6 heteroatoms. The van der Waals surface area contributed by atoms with Crippen molar-refractivity contribution in [1.82, 2.24) is 15.5 Å². The van der Waals surface area contributed by atoms with Crippen LogP contribution in [0.5, 0.6) is 0 Å². The number of rotatable bonds is 5. The molecular formula is C14H21N3O2S. The lowest BCUT2D eigenvalue weighted by atomic mass is 10.0. The Hall–Kier alpha value is -1.40. The van der Waals surface area contributed by atoms with Crippen LogP contribution in [0, 0.1) is 0 Å². The van der Waals surface area contributed by atoms with Crippen molar-refractivity contribution in [3.63, 3.8) is 0 Å². The van der Waals surface area contributed by atoms with E-state index >= 15 is 0 Å². The summed E-state index contributed by atoms with van der Waals surface area (Å²) in [5.74, 6) is -0.0604. The standard InChI is InChI=1S/C14H21N3O2S/c1-10-12-4-8-20-13(12)3-7-17(10)9-14(19)16-6-5-15-11(2)18/h4,8,10H,3,5-7,9H2,1-2H3,(H,15,18)(H,16,19). The lowest BCUT2D eigenvalue weighted by molar-refractivity contribution is -0.123. The zero-order valence-corrected chi connectivity index (χ0v) is 12.8. The lowest BCUT2D eigenvalue weighted by Crippen LogP contribution is -2.43. The molecule has 1 unspecified atom stereocenters. The molecule has 0 aromatic carbocycles. The van der Waals surface area contributed by atoms with E-state index in [1.165, 1.54) is 17.4 Å². The fourth-order valence-corrected chi connectivity index (χ4v) is 3.42. The van der Waals surface area contributed by atoms with E-state index in [9.17, 15) is 9.59 Å². The maximum atomic E-state index is 11.9. The van der Waals surface area contributed by atoms with Crippen LogP contribution < -0.4 is 10.6 Å². The van der Waals surface area contributed by atoms with Gasteiger partial charge in [-0.15, -0.1) is 11.3 Å². The van der Waals surface area contributed by atoms with Crippen molar-refractivity contribution >= 4 is 23.2 Å². The zero-order valence-electron chi connectivity index (χ0n) is 11.9. The predicted molar refractivity (Wildman–Crippen MR) is 79.7 cm³/mol. The summed E-state index contributed by atoms with van der Waals surface area (Å²) in [7, 11) is 0. The van der Waals surface area contributed by atoms with Gasteiger partial charge in [0.25, 0.3) is 0 Å². The lowest BCUT2D eigenvalue weighted by Gasteiger charge is -2.32. The molecule has 5 nitrogen and oxygen atoms in total. The van der Waals surface area contributed by atoms with Crippen LogP contribution in [-0.2, 0) is 16.0 Å². The fourth-order valence-electron chi connectivity index (χ4n) is 2.46. The highest BCUT2D eigenvalue weighted by Crippen LogP contribution is 2.32. The van der Waals surface area contributed by atoms with Gasteiger partial charge in [-0.2, -0.15) is 0 Å². The normalized spacial score (nSPS) is 18.4. The molecule has 2 N–H and O–H groups in total. The van der Waals surface area contributed by atoms with Gasteiger partial charge in [-0.3, -0.25) is 14.5 Å². The minimum Gasteiger partial charge on any atom is -0.355 e. The smallest absolute Gasteiger partial charge is 0.234 e. The highest BCUT2D eigenvalue weighted by Gasteiger charge is 2.25. The Morgan fingerprint density at radius 3 is 2.90 bits per heavy atom. The van der Waals surface area contributed by atoms with E-state index in [-0.39, 0.29) is 11.8 Å². The third-order valence-electron chi connectivity index (χ3n) is 3.57. The Kier molecular flexibility index (Phi) is 5.14. The Morgan fingerprint density at radius 2 is 2.15 bits per heavy atom. The number of carbonyl (C=O) groups is 2. The molecule has 0 bridgehead atoms. The van der Waals surface area contributed by atoms with E-state index < -0.39 is 0 Å². The quantitative estimate of drug-likeness (QED) is 0.794. The van der Waals surface area contributed by atoms with E-state index in [1.807, 2.05) is 0 Å². The monoisotopic (exact) mass is 295 g/mol. The number of nitrogens with zero attached hydrogens (tertiary/aromatic N) is 1. The second kappa shape index (κ2) is 6.85. The summed E-state index contributed by atoms with van der Waals surface area (Å²) >= 11 is 1.80. The third kappa shape index (κ3) is 3.80. The topological polar surface area (TPSA) is 61.4 Å². The average molecular weight is 295 g/mol. The van der Waals surface area contributed by atoms with Crippen LogP contribution in [0.15, 0.2) is 11.4 Å². The SMILES string of the molecule is CC(=O)NCCNC(=O)CN1CCc2sccc2C1C. The fraction of sp³-hybridized carbons (Fsp3) is 0.571. The van der Waals surface area contributed by atoms with Crippen LogP contribution in [0.25, 0.3) is 0 Å². The molecule has 1 aliphatic rings. The van der Waals surface area contributed by atoms with Gasteiger partial charge in [-0.25, -0.2) is 0 Å². The van der Waals surface area contributed by atoms with Crippen LogP contribution in [0.4, 0.5) is 0 Å². The van der Waals surface area contributed by atoms with Crippen molar-refractivity contribution in [2.75, 3.05) is 26.2 Å². The molecule has 1 aromatic heterocycles. The minimum atomic E-state index is -0.0751. The molecular weight excluding hydrogens is 274 g/mol. The van der Waals surface area contributed by atoms with Gasteiger partial charge in [0.15, 0.2) is 0 Å². The van der Waals surface area contributed by atoms with Crippen molar-refractivity contribution in [2.24, 2.45) is 0 Å². The Labute approximate surface area is 123 Å². The van der Waals surface area contributed by atoms with Crippen molar-refractivity contribution in [3.05, 3.63) is 21.9 Å². The number of thiophene rings is 1. The molecule has 1 aliphatic heterocycles. The summed E-state index contributed by atoms with van der Waals surface area (Å²) in [4.78, 5) is 26.2. The number of carbonyl (C=O) groups excluding carboxylic acids is 2. The van der Waals surface area contributed by atoms with Crippen molar-refractivity contribution < 1.29 is 9.59 Å². The zero-order chi connectivity index (χ0) is 14.5. The maximum Gasteiger partial charge on any atom is 0.234 e. The first-order chi connectivity index (χ1) is 9.58. The second-order valence-electron chi connectivity index (χ2n) is 5.03. The predicted octanol–water partition coefficient (Wildman–Crippen LogP) is 0.919. The third-order valence-corrected chi connectivity index (χ3v) is 4.57. The van der Waals surface area contributed by atoms with Gasteiger partial charge in [-0.1, -0.05) is 0 Å². The summed E-state index contributed by atoms with van der Waals surface area (Å²) in [6.07, 6.45) is 1.02. The molecule has 2 rings (SSSR count). The molecule has 1 aromatic rings. The first-order valence-corrected chi connectivity index (χ1v) is 7.77. The first kappa shape index (κ1) is 15.0. The van der Waals surface area contributed by atoms with E-state index in [0.717, 1.165) is 13.0 Å². The molecule has 110 valence electrons. The van der Waals surface area contributed by atoms with Crippen LogP contribution in [0.1, 0.15) is 30.3 Å². The van der Waals surface area contributed by atoms with E-state index in [4.69, 9.17) is 0 Å². The summed E-state index contributed by atoms with van der Waals surface area (Å²) in [5, 5.41) is 7.61. The summed E-state index contributed by atoms with van der Waals surface area (Å²) < 4.78 is 0.